The summed E-state index contributed by atoms with van der Waals surface area (Å²) in [6, 6.07) is 3.73. The number of nitrogens with one attached hydrogen (secondary N) is 1. The number of methoxy groups -OCH3 is 1. The maximum Gasteiger partial charge on any atom is 0.339 e. The second-order valence-corrected chi connectivity index (χ2v) is 4.29. The Bertz CT molecular complexity index is 428. The number of carbonyl (C=O) groups excluding carboxylic acids is 1. The summed E-state index contributed by atoms with van der Waals surface area (Å²) >= 11 is 0. The van der Waals surface area contributed by atoms with Gasteiger partial charge in [-0.1, -0.05) is 0 Å². The summed E-state index contributed by atoms with van der Waals surface area (Å²) in [6.45, 7) is 1.77. The van der Waals surface area contributed by atoms with E-state index in [0.29, 0.717) is 11.3 Å². The van der Waals surface area contributed by atoms with Crippen molar-refractivity contribution in [2.45, 2.75) is 31.9 Å². The number of aliphatic hydroxyl groups excluding tert-OH is 1. The third kappa shape index (κ3) is 2.55. The van der Waals surface area contributed by atoms with E-state index in [4.69, 9.17) is 0 Å². The topological polar surface area (TPSA) is 71.5 Å². The minimum absolute atomic E-state index is 0.192. The molecule has 5 nitrogen and oxygen atoms in total. The van der Waals surface area contributed by atoms with E-state index in [1.54, 1.807) is 19.1 Å². The lowest BCUT2D eigenvalue weighted by Crippen LogP contribution is -2.39. The van der Waals surface area contributed by atoms with Gasteiger partial charge in [0.25, 0.3) is 0 Å². The van der Waals surface area contributed by atoms with E-state index in [1.807, 2.05) is 0 Å². The summed E-state index contributed by atoms with van der Waals surface area (Å²) in [5, 5.41) is 12.4. The molecule has 0 aromatic carbocycles. The van der Waals surface area contributed by atoms with E-state index < -0.39 is 0 Å². The van der Waals surface area contributed by atoms with Crippen molar-refractivity contribution in [3.63, 3.8) is 0 Å². The molecular formula is C12H16N2O3. The smallest absolute Gasteiger partial charge is 0.339 e. The van der Waals surface area contributed by atoms with Crippen molar-refractivity contribution in [3.05, 3.63) is 23.4 Å². The molecule has 2 rings (SSSR count). The second-order valence-electron chi connectivity index (χ2n) is 4.29. The summed E-state index contributed by atoms with van der Waals surface area (Å²) in [4.78, 5) is 15.7. The monoisotopic (exact) mass is 236 g/mol. The average molecular weight is 236 g/mol. The molecule has 1 aliphatic carbocycles. The van der Waals surface area contributed by atoms with E-state index in [1.165, 1.54) is 7.11 Å². The van der Waals surface area contributed by atoms with Crippen LogP contribution in [-0.4, -0.2) is 35.3 Å². The Kier molecular flexibility index (Phi) is 3.28. The number of nitrogens with zero attached hydrogens (tertiary/aromatic N) is 1. The quantitative estimate of drug-likeness (QED) is 0.769. The van der Waals surface area contributed by atoms with Crippen LogP contribution < -0.4 is 5.32 Å². The zero-order valence-electron chi connectivity index (χ0n) is 9.93. The molecule has 92 valence electrons. The first-order valence-corrected chi connectivity index (χ1v) is 5.60. The summed E-state index contributed by atoms with van der Waals surface area (Å²) in [6.07, 6.45) is 1.31. The van der Waals surface area contributed by atoms with Gasteiger partial charge in [0.15, 0.2) is 0 Å². The zero-order chi connectivity index (χ0) is 12.4. The number of aliphatic hydroxyl groups is 1. The minimum atomic E-state index is -0.374. The molecule has 1 aromatic heterocycles. The van der Waals surface area contributed by atoms with Crippen LogP contribution in [0.25, 0.3) is 0 Å². The SMILES string of the molecule is COC(=O)c1ccc(NC2CC(O)C2)nc1C. The standard InChI is InChI=1S/C12H16N2O3/c1-7-10(12(16)17-2)3-4-11(13-7)14-8-5-9(15)6-8/h3-4,8-9,15H,5-6H2,1-2H3,(H,13,14). The lowest BCUT2D eigenvalue weighted by atomic mass is 9.89. The Labute approximate surface area is 99.8 Å². The molecule has 0 radical (unpaired) electrons. The van der Waals surface area contributed by atoms with E-state index in [-0.39, 0.29) is 18.1 Å². The highest BCUT2D eigenvalue weighted by Crippen LogP contribution is 2.23. The van der Waals surface area contributed by atoms with Crippen molar-refractivity contribution >= 4 is 11.8 Å². The number of ether oxygens (including phenoxy) is 1. The van der Waals surface area contributed by atoms with Gasteiger partial charge in [0.2, 0.25) is 0 Å². The fourth-order valence-corrected chi connectivity index (χ4v) is 1.88. The van der Waals surface area contributed by atoms with E-state index in [2.05, 4.69) is 15.0 Å². The summed E-state index contributed by atoms with van der Waals surface area (Å²) in [7, 11) is 1.35. The molecule has 1 heterocycles. The molecule has 0 aliphatic heterocycles. The van der Waals surface area contributed by atoms with Gasteiger partial charge in [-0.2, -0.15) is 0 Å². The van der Waals surface area contributed by atoms with Crippen molar-refractivity contribution in [3.8, 4) is 0 Å². The first-order chi connectivity index (χ1) is 8.10. The molecular weight excluding hydrogens is 220 g/mol. The van der Waals surface area contributed by atoms with Gasteiger partial charge in [-0.25, -0.2) is 9.78 Å². The third-order valence-corrected chi connectivity index (χ3v) is 2.96. The third-order valence-electron chi connectivity index (χ3n) is 2.96. The molecule has 0 amide bonds. The van der Waals surface area contributed by atoms with Crippen LogP contribution in [-0.2, 0) is 4.74 Å². The van der Waals surface area contributed by atoms with E-state index in [9.17, 15) is 9.90 Å². The number of carbonyl (C=O) groups is 1. The predicted molar refractivity (Wildman–Crippen MR) is 63.0 cm³/mol. The summed E-state index contributed by atoms with van der Waals surface area (Å²) in [5.74, 6) is 0.354. The zero-order valence-corrected chi connectivity index (χ0v) is 9.93. The Morgan fingerprint density at radius 3 is 2.76 bits per heavy atom. The number of aromatic nitrogens is 1. The summed E-state index contributed by atoms with van der Waals surface area (Å²) in [5.41, 5.74) is 1.12. The van der Waals surface area contributed by atoms with Crippen molar-refractivity contribution in [2.75, 3.05) is 12.4 Å². The van der Waals surface area contributed by atoms with Gasteiger partial charge >= 0.3 is 5.97 Å². The predicted octanol–water partition coefficient (Wildman–Crippen LogP) is 1.11. The lowest BCUT2D eigenvalue weighted by Gasteiger charge is -2.32. The number of hydrogen-bond donors (Lipinski definition) is 2. The van der Waals surface area contributed by atoms with Gasteiger partial charge in [0.1, 0.15) is 5.82 Å². The Morgan fingerprint density at radius 1 is 1.53 bits per heavy atom. The summed E-state index contributed by atoms with van der Waals surface area (Å²) < 4.78 is 4.65. The van der Waals surface area contributed by atoms with Gasteiger partial charge in [-0.05, 0) is 31.9 Å². The molecule has 1 fully saturated rings. The minimum Gasteiger partial charge on any atom is -0.465 e. The molecule has 1 saturated carbocycles. The van der Waals surface area contributed by atoms with Crippen molar-refractivity contribution < 1.29 is 14.6 Å². The number of aryl methyl sites for hydroxylation is 1. The first kappa shape index (κ1) is 11.9. The van der Waals surface area contributed by atoms with Crippen LogP contribution in [0.3, 0.4) is 0 Å². The molecule has 0 spiro atoms. The molecule has 1 aliphatic rings. The van der Waals surface area contributed by atoms with Gasteiger partial charge in [-0.15, -0.1) is 0 Å². The maximum absolute atomic E-state index is 11.4. The molecule has 1 aromatic rings. The maximum atomic E-state index is 11.4. The highest BCUT2D eigenvalue weighted by atomic mass is 16.5. The Hall–Kier alpha value is -1.62. The van der Waals surface area contributed by atoms with Gasteiger partial charge < -0.3 is 15.2 Å². The number of rotatable bonds is 3. The number of hydrogen-bond acceptors (Lipinski definition) is 5. The van der Waals surface area contributed by atoms with Crippen LogP contribution in [0.2, 0.25) is 0 Å². The van der Waals surface area contributed by atoms with Crippen LogP contribution in [0.4, 0.5) is 5.82 Å². The number of anilines is 1. The van der Waals surface area contributed by atoms with Crippen LogP contribution in [0.15, 0.2) is 12.1 Å². The first-order valence-electron chi connectivity index (χ1n) is 5.60. The fraction of sp³-hybridized carbons (Fsp3) is 0.500. The second kappa shape index (κ2) is 4.71. The van der Waals surface area contributed by atoms with Gasteiger partial charge in [0, 0.05) is 6.04 Å². The van der Waals surface area contributed by atoms with Crippen LogP contribution in [0.1, 0.15) is 28.9 Å². The normalized spacial score (nSPS) is 22.8. The lowest BCUT2D eigenvalue weighted by molar-refractivity contribution is 0.0599. The molecule has 2 N–H and O–H groups in total. The van der Waals surface area contributed by atoms with Crippen molar-refractivity contribution in [1.29, 1.82) is 0 Å². The molecule has 0 saturated heterocycles. The molecule has 0 atom stereocenters. The number of pyridine rings is 1. The van der Waals surface area contributed by atoms with Crippen molar-refractivity contribution in [1.82, 2.24) is 4.98 Å². The van der Waals surface area contributed by atoms with Crippen LogP contribution in [0, 0.1) is 6.92 Å². The molecule has 0 unspecified atom stereocenters. The Balaban J connectivity index is 2.05. The van der Waals surface area contributed by atoms with E-state index >= 15 is 0 Å². The van der Waals surface area contributed by atoms with Gasteiger partial charge in [0.05, 0.1) is 24.5 Å². The highest BCUT2D eigenvalue weighted by molar-refractivity contribution is 5.90. The van der Waals surface area contributed by atoms with Crippen LogP contribution >= 0.6 is 0 Å². The van der Waals surface area contributed by atoms with Crippen molar-refractivity contribution in [2.24, 2.45) is 0 Å². The fourth-order valence-electron chi connectivity index (χ4n) is 1.88. The average Bonchev–Trinajstić information content (AvgIpc) is 2.26. The van der Waals surface area contributed by atoms with Crippen LogP contribution in [0.5, 0.6) is 0 Å². The van der Waals surface area contributed by atoms with E-state index in [0.717, 1.165) is 18.7 Å². The molecule has 5 heteroatoms. The molecule has 17 heavy (non-hydrogen) atoms. The largest absolute Gasteiger partial charge is 0.465 e. The highest BCUT2D eigenvalue weighted by Gasteiger charge is 2.27. The number of esters is 1. The Morgan fingerprint density at radius 2 is 2.24 bits per heavy atom. The van der Waals surface area contributed by atoms with Gasteiger partial charge in [-0.3, -0.25) is 0 Å². The molecule has 0 bridgehead atoms.